The number of halogens is 2. The Labute approximate surface area is 253 Å². The van der Waals surface area contributed by atoms with Gasteiger partial charge in [-0.2, -0.15) is 0 Å². The topological polar surface area (TPSA) is 109 Å². The maximum atomic E-state index is 13.9. The molecule has 9 nitrogen and oxygen atoms in total. The van der Waals surface area contributed by atoms with Crippen molar-refractivity contribution in [2.24, 2.45) is 4.99 Å². The van der Waals surface area contributed by atoms with Crippen molar-refractivity contribution in [3.63, 3.8) is 0 Å². The number of carbonyl (C=O) groups excluding carboxylic acids is 2. The van der Waals surface area contributed by atoms with E-state index < -0.39 is 18.0 Å². The first-order chi connectivity index (χ1) is 20.1. The molecule has 216 valence electrons. The number of carbonyl (C=O) groups is 2. The van der Waals surface area contributed by atoms with Crippen LogP contribution in [0.25, 0.3) is 17.4 Å². The molecule has 0 spiro atoms. The largest absolute Gasteiger partial charge is 0.493 e. The van der Waals surface area contributed by atoms with Crippen molar-refractivity contribution in [1.29, 1.82) is 0 Å². The number of hydrogen-bond donors (Lipinski definition) is 0. The molecule has 0 saturated heterocycles. The van der Waals surface area contributed by atoms with Crippen molar-refractivity contribution in [3.8, 4) is 22.8 Å². The minimum absolute atomic E-state index is 0.140. The van der Waals surface area contributed by atoms with Gasteiger partial charge in [-0.3, -0.25) is 14.2 Å². The summed E-state index contributed by atoms with van der Waals surface area (Å²) < 4.78 is 23.8. The molecule has 2 aromatic heterocycles. The van der Waals surface area contributed by atoms with Crippen LogP contribution in [0.4, 0.5) is 0 Å². The highest BCUT2D eigenvalue weighted by molar-refractivity contribution is 7.07. The minimum atomic E-state index is -0.883. The van der Waals surface area contributed by atoms with Gasteiger partial charge < -0.3 is 18.6 Å². The third-order valence-electron chi connectivity index (χ3n) is 6.38. The standard InChI is InChI=1S/C30H24Cl2N2O7S/c1-5-39-29(37)26-15(2)33-30-34(27(26)18-7-10-23(40-16(3)35)24(13-18)38-4)28(36)25(42-30)14-19-8-11-22(41-19)17-6-9-20(31)21(32)12-17/h6-14,27H,5H2,1-4H3/b25-14+. The lowest BCUT2D eigenvalue weighted by Crippen LogP contribution is -2.39. The number of nitrogens with zero attached hydrogens (tertiary/aromatic N) is 2. The van der Waals surface area contributed by atoms with Crippen molar-refractivity contribution in [2.75, 3.05) is 13.7 Å². The summed E-state index contributed by atoms with van der Waals surface area (Å²) in [6.07, 6.45) is 1.62. The summed E-state index contributed by atoms with van der Waals surface area (Å²) >= 11 is 13.4. The molecule has 5 rings (SSSR count). The fraction of sp³-hybridized carbons (Fsp3) is 0.200. The van der Waals surface area contributed by atoms with E-state index in [4.69, 9.17) is 41.8 Å². The fourth-order valence-electron chi connectivity index (χ4n) is 4.56. The van der Waals surface area contributed by atoms with Crippen LogP contribution in [0.5, 0.6) is 11.5 Å². The number of hydrogen-bond acceptors (Lipinski definition) is 9. The summed E-state index contributed by atoms with van der Waals surface area (Å²) in [7, 11) is 1.43. The van der Waals surface area contributed by atoms with E-state index >= 15 is 0 Å². The van der Waals surface area contributed by atoms with E-state index in [-0.39, 0.29) is 29.2 Å². The Balaban J connectivity index is 1.64. The Kier molecular flexibility index (Phi) is 8.40. The zero-order valence-corrected chi connectivity index (χ0v) is 25.2. The molecule has 0 aliphatic carbocycles. The molecule has 1 unspecified atom stereocenters. The van der Waals surface area contributed by atoms with Crippen LogP contribution in [0, 0.1) is 0 Å². The summed E-state index contributed by atoms with van der Waals surface area (Å²) in [4.78, 5) is 43.6. The number of esters is 2. The average molecular weight is 628 g/mol. The van der Waals surface area contributed by atoms with E-state index in [1.165, 1.54) is 18.6 Å². The Morgan fingerprint density at radius 1 is 1.10 bits per heavy atom. The molecule has 4 aromatic rings. The molecular weight excluding hydrogens is 603 g/mol. The number of furan rings is 1. The molecule has 0 radical (unpaired) electrons. The molecule has 0 bridgehead atoms. The number of methoxy groups -OCH3 is 1. The van der Waals surface area contributed by atoms with Crippen molar-refractivity contribution < 1.29 is 28.2 Å². The van der Waals surface area contributed by atoms with E-state index in [1.54, 1.807) is 68.5 Å². The highest BCUT2D eigenvalue weighted by Gasteiger charge is 2.34. The molecule has 1 atom stereocenters. The van der Waals surface area contributed by atoms with Gasteiger partial charge in [0.15, 0.2) is 16.3 Å². The van der Waals surface area contributed by atoms with Crippen LogP contribution in [0.2, 0.25) is 10.0 Å². The van der Waals surface area contributed by atoms with Gasteiger partial charge in [-0.05, 0) is 61.9 Å². The van der Waals surface area contributed by atoms with E-state index in [1.807, 2.05) is 0 Å². The Morgan fingerprint density at radius 3 is 2.57 bits per heavy atom. The second-order valence-corrected chi connectivity index (χ2v) is 11.0. The normalized spacial score (nSPS) is 14.8. The number of rotatable bonds is 7. The molecular formula is C30H24Cl2N2O7S. The van der Waals surface area contributed by atoms with Crippen LogP contribution in [0.15, 0.2) is 74.0 Å². The van der Waals surface area contributed by atoms with Crippen LogP contribution in [-0.4, -0.2) is 30.2 Å². The van der Waals surface area contributed by atoms with Crippen LogP contribution >= 0.6 is 34.5 Å². The molecule has 0 N–H and O–H groups in total. The number of allylic oxidation sites excluding steroid dienone is 1. The quantitative estimate of drug-likeness (QED) is 0.202. The third-order valence-corrected chi connectivity index (χ3v) is 8.10. The first-order valence-electron chi connectivity index (χ1n) is 12.7. The van der Waals surface area contributed by atoms with Crippen LogP contribution in [0.3, 0.4) is 0 Å². The molecule has 0 saturated carbocycles. The van der Waals surface area contributed by atoms with Gasteiger partial charge in [0.25, 0.3) is 5.56 Å². The van der Waals surface area contributed by atoms with Gasteiger partial charge in [-0.25, -0.2) is 9.79 Å². The zero-order valence-electron chi connectivity index (χ0n) is 22.9. The molecule has 3 heterocycles. The predicted octanol–water partition coefficient (Wildman–Crippen LogP) is 5.30. The summed E-state index contributed by atoms with van der Waals surface area (Å²) in [6.45, 7) is 4.81. The zero-order chi connectivity index (χ0) is 30.1. The molecule has 1 aliphatic heterocycles. The SMILES string of the molecule is CCOC(=O)C1=C(C)N=c2s/c(=C/c3ccc(-c4ccc(Cl)c(Cl)c4)o3)c(=O)n2C1c1ccc(OC(C)=O)c(OC)c1. The maximum Gasteiger partial charge on any atom is 0.338 e. The maximum absolute atomic E-state index is 13.9. The highest BCUT2D eigenvalue weighted by Crippen LogP contribution is 2.36. The number of benzene rings is 2. The van der Waals surface area contributed by atoms with Gasteiger partial charge in [0.1, 0.15) is 11.5 Å². The van der Waals surface area contributed by atoms with E-state index in [9.17, 15) is 14.4 Å². The first-order valence-corrected chi connectivity index (χ1v) is 14.3. The summed E-state index contributed by atoms with van der Waals surface area (Å²) in [6, 6.07) is 12.6. The molecule has 0 fully saturated rings. The number of ether oxygens (including phenoxy) is 3. The molecule has 1 aliphatic rings. The summed E-state index contributed by atoms with van der Waals surface area (Å²) in [5.41, 5.74) is 1.50. The average Bonchev–Trinajstić information content (AvgIpc) is 3.53. The summed E-state index contributed by atoms with van der Waals surface area (Å²) in [5.74, 6) is 0.330. The lowest BCUT2D eigenvalue weighted by Gasteiger charge is -2.25. The van der Waals surface area contributed by atoms with Crippen LogP contribution in [0.1, 0.15) is 38.1 Å². The van der Waals surface area contributed by atoms with Crippen LogP contribution in [-0.2, 0) is 14.3 Å². The monoisotopic (exact) mass is 626 g/mol. The van der Waals surface area contributed by atoms with E-state index in [0.29, 0.717) is 42.2 Å². The highest BCUT2D eigenvalue weighted by atomic mass is 35.5. The van der Waals surface area contributed by atoms with Crippen LogP contribution < -0.4 is 24.4 Å². The first kappa shape index (κ1) is 29.4. The van der Waals surface area contributed by atoms with Gasteiger partial charge >= 0.3 is 11.9 Å². The van der Waals surface area contributed by atoms with Gasteiger partial charge in [0, 0.05) is 18.6 Å². The minimum Gasteiger partial charge on any atom is -0.493 e. The fourth-order valence-corrected chi connectivity index (χ4v) is 5.89. The lowest BCUT2D eigenvalue weighted by molar-refractivity contribution is -0.139. The number of fused-ring (bicyclic) bond motifs is 1. The van der Waals surface area contributed by atoms with Crippen molar-refractivity contribution >= 4 is 52.6 Å². The van der Waals surface area contributed by atoms with E-state index in [2.05, 4.69) is 4.99 Å². The number of thiazole rings is 1. The van der Waals surface area contributed by atoms with Gasteiger partial charge in [0.05, 0.1) is 45.6 Å². The Morgan fingerprint density at radius 2 is 1.88 bits per heavy atom. The van der Waals surface area contributed by atoms with E-state index in [0.717, 1.165) is 16.9 Å². The van der Waals surface area contributed by atoms with Gasteiger partial charge in [-0.15, -0.1) is 0 Å². The molecule has 42 heavy (non-hydrogen) atoms. The van der Waals surface area contributed by atoms with Crippen molar-refractivity contribution in [1.82, 2.24) is 4.57 Å². The summed E-state index contributed by atoms with van der Waals surface area (Å²) in [5, 5.41) is 0.824. The smallest absolute Gasteiger partial charge is 0.338 e. The molecule has 0 amide bonds. The third kappa shape index (κ3) is 5.65. The van der Waals surface area contributed by atoms with Crippen molar-refractivity contribution in [3.05, 3.63) is 101 Å². The Hall–Kier alpha value is -4.12. The second-order valence-electron chi connectivity index (χ2n) is 9.14. The van der Waals surface area contributed by atoms with Crippen molar-refractivity contribution in [2.45, 2.75) is 26.8 Å². The predicted molar refractivity (Wildman–Crippen MR) is 159 cm³/mol. The molecule has 12 heteroatoms. The molecule has 2 aromatic carbocycles. The lowest BCUT2D eigenvalue weighted by atomic mass is 9.95. The second kappa shape index (κ2) is 12.0. The van der Waals surface area contributed by atoms with Gasteiger partial charge in [-0.1, -0.05) is 40.6 Å². The number of aromatic nitrogens is 1. The van der Waals surface area contributed by atoms with Gasteiger partial charge in [0.2, 0.25) is 0 Å². The Bertz CT molecular complexity index is 1940.